The van der Waals surface area contributed by atoms with Crippen molar-refractivity contribution in [1.82, 2.24) is 9.13 Å². The number of Topliss-reactive ketones (excluding diaryl/α,β-unsaturated/α-hetero) is 1. The molecule has 9 nitrogen and oxygen atoms in total. The van der Waals surface area contributed by atoms with E-state index in [1.807, 2.05) is 13.8 Å². The Morgan fingerprint density at radius 1 is 0.766 bits per heavy atom. The van der Waals surface area contributed by atoms with Crippen molar-refractivity contribution >= 4 is 57.9 Å². The number of oxime groups is 1. The molecule has 0 spiro atoms. The van der Waals surface area contributed by atoms with Gasteiger partial charge in [0, 0.05) is 54.4 Å². The predicted molar refractivity (Wildman–Crippen MR) is 178 cm³/mol. The van der Waals surface area contributed by atoms with Crippen molar-refractivity contribution in [3.63, 3.8) is 0 Å². The monoisotopic (exact) mass is 683 g/mol. The van der Waals surface area contributed by atoms with Crippen LogP contribution in [0.2, 0.25) is 10.0 Å². The summed E-state index contributed by atoms with van der Waals surface area (Å²) in [6, 6.07) is 8.06. The molecular formula is C34H33Cl2F2N5O4. The smallest absolute Gasteiger partial charge is 0.272 e. The summed E-state index contributed by atoms with van der Waals surface area (Å²) >= 11 is 11.5. The number of hydrogen-bond donors (Lipinski definition) is 3. The number of nitrogens with zero attached hydrogens (tertiary/aromatic N) is 3. The third-order valence-corrected chi connectivity index (χ3v) is 9.30. The van der Waals surface area contributed by atoms with Crippen molar-refractivity contribution in [2.45, 2.75) is 52.4 Å². The van der Waals surface area contributed by atoms with Crippen LogP contribution in [0.4, 0.5) is 20.2 Å². The molecule has 0 saturated carbocycles. The Labute approximate surface area is 280 Å². The van der Waals surface area contributed by atoms with Gasteiger partial charge in [-0.25, -0.2) is 8.78 Å². The van der Waals surface area contributed by atoms with E-state index in [0.29, 0.717) is 53.3 Å². The number of hydrogen-bond acceptors (Lipinski definition) is 5. The molecule has 3 N–H and O–H groups in total. The van der Waals surface area contributed by atoms with Crippen LogP contribution < -0.4 is 10.6 Å². The molecule has 4 aromatic rings. The minimum Gasteiger partial charge on any atom is -0.411 e. The van der Waals surface area contributed by atoms with E-state index in [0.717, 1.165) is 47.3 Å². The number of rotatable bonds is 4. The number of halogens is 4. The average Bonchev–Trinajstić information content (AvgIpc) is 3.46. The van der Waals surface area contributed by atoms with E-state index in [1.165, 1.54) is 36.4 Å². The molecule has 6 rings (SSSR count). The first-order valence-corrected chi connectivity index (χ1v) is 15.7. The normalized spacial score (nSPS) is 14.6. The summed E-state index contributed by atoms with van der Waals surface area (Å²) in [6.07, 6.45) is 4.21. The number of anilines is 2. The van der Waals surface area contributed by atoms with Crippen LogP contribution in [0.15, 0.2) is 41.6 Å². The molecule has 2 aromatic heterocycles. The van der Waals surface area contributed by atoms with Gasteiger partial charge in [-0.15, -0.1) is 0 Å². The van der Waals surface area contributed by atoms with Crippen LogP contribution in [0.3, 0.4) is 0 Å². The van der Waals surface area contributed by atoms with Gasteiger partial charge < -0.3 is 25.0 Å². The molecule has 47 heavy (non-hydrogen) atoms. The molecule has 13 heteroatoms. The van der Waals surface area contributed by atoms with Gasteiger partial charge in [0.25, 0.3) is 11.8 Å². The van der Waals surface area contributed by atoms with E-state index in [2.05, 4.69) is 15.8 Å². The molecule has 0 saturated heterocycles. The summed E-state index contributed by atoms with van der Waals surface area (Å²) in [7, 11) is 3.57. The average molecular weight is 685 g/mol. The molecule has 0 bridgehead atoms. The molecule has 0 aliphatic heterocycles. The van der Waals surface area contributed by atoms with Gasteiger partial charge in [0.15, 0.2) is 5.78 Å². The Balaban J connectivity index is 0.000000185. The van der Waals surface area contributed by atoms with Crippen molar-refractivity contribution in [3.8, 4) is 0 Å². The van der Waals surface area contributed by atoms with E-state index in [9.17, 15) is 28.4 Å². The molecule has 2 heterocycles. The first-order valence-electron chi connectivity index (χ1n) is 15.0. The summed E-state index contributed by atoms with van der Waals surface area (Å²) in [6.45, 7) is 3.73. The molecular weight excluding hydrogens is 651 g/mol. The summed E-state index contributed by atoms with van der Waals surface area (Å²) < 4.78 is 30.0. The second kappa shape index (κ2) is 13.7. The lowest BCUT2D eigenvalue weighted by atomic mass is 9.90. The van der Waals surface area contributed by atoms with Gasteiger partial charge in [0.05, 0.1) is 15.8 Å². The van der Waals surface area contributed by atoms with Crippen LogP contribution in [0, 0.1) is 25.5 Å². The number of fused-ring (bicyclic) bond motifs is 2. The molecule has 2 aromatic carbocycles. The van der Waals surface area contributed by atoms with Crippen LogP contribution in [0.1, 0.15) is 85.1 Å². The Morgan fingerprint density at radius 2 is 1.21 bits per heavy atom. The van der Waals surface area contributed by atoms with Crippen LogP contribution in [0.5, 0.6) is 0 Å². The standard InChI is InChI=1S/C17H17ClFN3O2.C17H16ClFN2O2/c1-9-15-11(4-3-5-14(15)21-24)16(22(9)2)17(23)20-10-6-7-13(19)12(18)8-10;1-9-15-11(4-3-5-14(15)22)16(21(9)2)17(23)20-10-6-7-13(19)12(18)8-10/h6-8,24H,3-5H2,1-2H3,(H,20,23);6-8H,3-5H2,1-2H3,(H,20,23). The number of carbonyl (C=O) groups is 3. The molecule has 0 fully saturated rings. The fraction of sp³-hybridized carbons (Fsp3) is 0.294. The van der Waals surface area contributed by atoms with Crippen molar-refractivity contribution in [3.05, 3.63) is 103 Å². The Hall–Kier alpha value is -4.48. The highest BCUT2D eigenvalue weighted by molar-refractivity contribution is 6.31. The highest BCUT2D eigenvalue weighted by Gasteiger charge is 2.30. The number of amides is 2. The molecule has 0 radical (unpaired) electrons. The van der Waals surface area contributed by atoms with Crippen LogP contribution in [-0.2, 0) is 26.9 Å². The number of benzene rings is 2. The van der Waals surface area contributed by atoms with Gasteiger partial charge in [0.2, 0.25) is 0 Å². The number of carbonyl (C=O) groups excluding carboxylic acids is 3. The SMILES string of the molecule is Cc1c2c(c(C(=O)Nc3ccc(F)c(Cl)c3)n1C)CCCC2=NO.Cc1c2c(c(C(=O)Nc3ccc(F)c(Cl)c3)n1C)CCCC2=O. The molecule has 2 aliphatic rings. The van der Waals surface area contributed by atoms with Gasteiger partial charge in [0.1, 0.15) is 23.0 Å². The maximum Gasteiger partial charge on any atom is 0.272 e. The van der Waals surface area contributed by atoms with Crippen LogP contribution in [-0.4, -0.2) is 37.7 Å². The number of nitrogens with one attached hydrogen (secondary N) is 2. The van der Waals surface area contributed by atoms with Gasteiger partial charge in [-0.1, -0.05) is 28.4 Å². The third kappa shape index (κ3) is 6.55. The molecule has 246 valence electrons. The summed E-state index contributed by atoms with van der Waals surface area (Å²) in [5.74, 6) is -1.62. The van der Waals surface area contributed by atoms with Crippen molar-refractivity contribution in [1.29, 1.82) is 0 Å². The zero-order valence-electron chi connectivity index (χ0n) is 26.2. The van der Waals surface area contributed by atoms with E-state index >= 15 is 0 Å². The molecule has 0 unspecified atom stereocenters. The van der Waals surface area contributed by atoms with Gasteiger partial charge in [-0.2, -0.15) is 0 Å². The number of ketones is 1. The molecule has 0 atom stereocenters. The van der Waals surface area contributed by atoms with Crippen molar-refractivity contribution in [2.75, 3.05) is 10.6 Å². The second-order valence-electron chi connectivity index (χ2n) is 11.5. The highest BCUT2D eigenvalue weighted by Crippen LogP contribution is 2.32. The Kier molecular flexibility index (Phi) is 9.88. The lowest BCUT2D eigenvalue weighted by molar-refractivity contribution is 0.0970. The molecule has 2 amide bonds. The lowest BCUT2D eigenvalue weighted by Crippen LogP contribution is -2.19. The quantitative estimate of drug-likeness (QED) is 0.150. The second-order valence-corrected chi connectivity index (χ2v) is 12.4. The largest absolute Gasteiger partial charge is 0.411 e. The Bertz CT molecular complexity index is 1960. The van der Waals surface area contributed by atoms with Gasteiger partial charge in [-0.3, -0.25) is 14.4 Å². The van der Waals surface area contributed by atoms with E-state index < -0.39 is 11.6 Å². The van der Waals surface area contributed by atoms with E-state index in [1.54, 1.807) is 23.2 Å². The first-order chi connectivity index (χ1) is 22.3. The summed E-state index contributed by atoms with van der Waals surface area (Å²) in [5.41, 5.74) is 7.29. The summed E-state index contributed by atoms with van der Waals surface area (Å²) in [5, 5.41) is 18.0. The van der Waals surface area contributed by atoms with Crippen molar-refractivity contribution < 1.29 is 28.4 Å². The zero-order valence-corrected chi connectivity index (χ0v) is 27.7. The van der Waals surface area contributed by atoms with Crippen LogP contribution in [0.25, 0.3) is 0 Å². The summed E-state index contributed by atoms with van der Waals surface area (Å²) in [4.78, 5) is 37.5. The first kappa shape index (κ1) is 33.9. The number of aromatic nitrogens is 2. The van der Waals surface area contributed by atoms with E-state index in [-0.39, 0.29) is 27.6 Å². The van der Waals surface area contributed by atoms with Gasteiger partial charge in [-0.05, 0) is 93.5 Å². The fourth-order valence-corrected chi connectivity index (χ4v) is 6.67. The third-order valence-electron chi connectivity index (χ3n) is 8.72. The minimum atomic E-state index is -0.539. The minimum absolute atomic E-state index is 0.0485. The molecule has 2 aliphatic carbocycles. The maximum absolute atomic E-state index is 13.2. The maximum atomic E-state index is 13.2. The zero-order chi connectivity index (χ0) is 34.2. The van der Waals surface area contributed by atoms with Crippen molar-refractivity contribution in [2.24, 2.45) is 19.3 Å². The topological polar surface area (TPSA) is 118 Å². The van der Waals surface area contributed by atoms with Gasteiger partial charge >= 0.3 is 0 Å². The predicted octanol–water partition coefficient (Wildman–Crippen LogP) is 7.79. The highest BCUT2D eigenvalue weighted by atomic mass is 35.5. The lowest BCUT2D eigenvalue weighted by Gasteiger charge is -2.14. The van der Waals surface area contributed by atoms with E-state index in [4.69, 9.17) is 23.2 Å². The van der Waals surface area contributed by atoms with Crippen LogP contribution >= 0.6 is 23.2 Å². The fourth-order valence-electron chi connectivity index (χ4n) is 6.30. The Morgan fingerprint density at radius 3 is 1.68 bits per heavy atom.